The maximum atomic E-state index is 13.0. The van der Waals surface area contributed by atoms with Crippen LogP contribution in [0.25, 0.3) is 11.3 Å². The van der Waals surface area contributed by atoms with Gasteiger partial charge in [0.25, 0.3) is 0 Å². The molecule has 2 aromatic rings. The zero-order chi connectivity index (χ0) is 11.4. The van der Waals surface area contributed by atoms with Gasteiger partial charge in [0.05, 0.1) is 5.69 Å². The quantitative estimate of drug-likeness (QED) is 0.859. The highest BCUT2D eigenvalue weighted by Gasteiger charge is 2.02. The fourth-order valence-corrected chi connectivity index (χ4v) is 1.41. The number of rotatable bonds is 3. The highest BCUT2D eigenvalue weighted by Crippen LogP contribution is 2.18. The molecule has 0 aliphatic rings. The van der Waals surface area contributed by atoms with Gasteiger partial charge in [0.2, 0.25) is 5.95 Å². The van der Waals surface area contributed by atoms with Gasteiger partial charge in [-0.05, 0) is 25.1 Å². The van der Waals surface area contributed by atoms with E-state index in [0.717, 1.165) is 12.1 Å². The van der Waals surface area contributed by atoms with Crippen LogP contribution in [0.15, 0.2) is 36.5 Å². The molecule has 4 heteroatoms. The zero-order valence-corrected chi connectivity index (χ0v) is 8.94. The Morgan fingerprint density at radius 1 is 1.31 bits per heavy atom. The smallest absolute Gasteiger partial charge is 0.223 e. The van der Waals surface area contributed by atoms with E-state index in [1.807, 2.05) is 13.0 Å². The third-order valence-corrected chi connectivity index (χ3v) is 2.11. The first-order valence-corrected chi connectivity index (χ1v) is 5.12. The number of nitrogens with zero attached hydrogens (tertiary/aromatic N) is 2. The molecule has 16 heavy (non-hydrogen) atoms. The molecule has 0 radical (unpaired) electrons. The average Bonchev–Trinajstić information content (AvgIpc) is 2.30. The first-order chi connectivity index (χ1) is 7.79. The standard InChI is InChI=1S/C12H12FN3/c1-2-14-12-15-7-6-11(16-12)9-4-3-5-10(13)8-9/h3-8H,2H2,1H3,(H,14,15,16). The van der Waals surface area contributed by atoms with Gasteiger partial charge in [0.15, 0.2) is 0 Å². The van der Waals surface area contributed by atoms with Crippen molar-refractivity contribution in [1.29, 1.82) is 0 Å². The lowest BCUT2D eigenvalue weighted by Gasteiger charge is -2.04. The van der Waals surface area contributed by atoms with Crippen LogP contribution in [0, 0.1) is 5.82 Å². The van der Waals surface area contributed by atoms with Gasteiger partial charge in [0.1, 0.15) is 5.82 Å². The molecule has 1 heterocycles. The fraction of sp³-hybridized carbons (Fsp3) is 0.167. The van der Waals surface area contributed by atoms with Crippen molar-refractivity contribution in [3.05, 3.63) is 42.3 Å². The van der Waals surface area contributed by atoms with Crippen molar-refractivity contribution in [1.82, 2.24) is 9.97 Å². The summed E-state index contributed by atoms with van der Waals surface area (Å²) in [5, 5.41) is 3.02. The van der Waals surface area contributed by atoms with Gasteiger partial charge in [0, 0.05) is 18.3 Å². The third-order valence-electron chi connectivity index (χ3n) is 2.11. The van der Waals surface area contributed by atoms with Crippen molar-refractivity contribution in [3.63, 3.8) is 0 Å². The van der Waals surface area contributed by atoms with E-state index in [-0.39, 0.29) is 5.82 Å². The maximum Gasteiger partial charge on any atom is 0.223 e. The lowest BCUT2D eigenvalue weighted by molar-refractivity contribution is 0.628. The molecule has 0 saturated carbocycles. The molecular weight excluding hydrogens is 205 g/mol. The number of anilines is 1. The molecule has 1 N–H and O–H groups in total. The largest absolute Gasteiger partial charge is 0.354 e. The minimum absolute atomic E-state index is 0.263. The van der Waals surface area contributed by atoms with E-state index in [1.165, 1.54) is 12.1 Å². The van der Waals surface area contributed by atoms with Gasteiger partial charge in [-0.3, -0.25) is 0 Å². The molecule has 3 nitrogen and oxygen atoms in total. The Kier molecular flexibility index (Phi) is 3.10. The summed E-state index contributed by atoms with van der Waals surface area (Å²) in [6.07, 6.45) is 1.66. The van der Waals surface area contributed by atoms with Crippen LogP contribution < -0.4 is 5.32 Å². The maximum absolute atomic E-state index is 13.0. The van der Waals surface area contributed by atoms with Crippen molar-refractivity contribution < 1.29 is 4.39 Å². The van der Waals surface area contributed by atoms with Crippen LogP contribution in [-0.4, -0.2) is 16.5 Å². The Balaban J connectivity index is 2.36. The molecule has 0 aliphatic heterocycles. The monoisotopic (exact) mass is 217 g/mol. The Morgan fingerprint density at radius 2 is 2.19 bits per heavy atom. The molecule has 0 atom stereocenters. The van der Waals surface area contributed by atoms with Gasteiger partial charge >= 0.3 is 0 Å². The fourth-order valence-electron chi connectivity index (χ4n) is 1.41. The summed E-state index contributed by atoms with van der Waals surface area (Å²) in [5.74, 6) is 0.297. The minimum atomic E-state index is -0.263. The van der Waals surface area contributed by atoms with E-state index >= 15 is 0 Å². The first kappa shape index (κ1) is 10.5. The van der Waals surface area contributed by atoms with E-state index in [4.69, 9.17) is 0 Å². The topological polar surface area (TPSA) is 37.8 Å². The number of aromatic nitrogens is 2. The normalized spacial score (nSPS) is 10.1. The number of nitrogens with one attached hydrogen (secondary N) is 1. The van der Waals surface area contributed by atoms with Gasteiger partial charge < -0.3 is 5.32 Å². The Morgan fingerprint density at radius 3 is 2.94 bits per heavy atom. The lowest BCUT2D eigenvalue weighted by atomic mass is 10.1. The van der Waals surface area contributed by atoms with Crippen LogP contribution in [0.1, 0.15) is 6.92 Å². The summed E-state index contributed by atoms with van der Waals surface area (Å²) in [6, 6.07) is 8.12. The summed E-state index contributed by atoms with van der Waals surface area (Å²) in [7, 11) is 0. The summed E-state index contributed by atoms with van der Waals surface area (Å²) in [5.41, 5.74) is 1.46. The highest BCUT2D eigenvalue weighted by atomic mass is 19.1. The van der Waals surface area contributed by atoms with E-state index in [0.29, 0.717) is 11.6 Å². The lowest BCUT2D eigenvalue weighted by Crippen LogP contribution is -2.02. The van der Waals surface area contributed by atoms with Gasteiger partial charge in [-0.1, -0.05) is 12.1 Å². The summed E-state index contributed by atoms with van der Waals surface area (Å²) in [4.78, 5) is 8.35. The van der Waals surface area contributed by atoms with E-state index in [2.05, 4.69) is 15.3 Å². The predicted octanol–water partition coefficient (Wildman–Crippen LogP) is 2.71. The third kappa shape index (κ3) is 2.34. The second kappa shape index (κ2) is 4.70. The second-order valence-corrected chi connectivity index (χ2v) is 3.31. The van der Waals surface area contributed by atoms with E-state index < -0.39 is 0 Å². The van der Waals surface area contributed by atoms with Crippen molar-refractivity contribution >= 4 is 5.95 Å². The van der Waals surface area contributed by atoms with Gasteiger partial charge in [-0.2, -0.15) is 0 Å². The van der Waals surface area contributed by atoms with Crippen LogP contribution in [0.3, 0.4) is 0 Å². The van der Waals surface area contributed by atoms with Crippen LogP contribution in [-0.2, 0) is 0 Å². The zero-order valence-electron chi connectivity index (χ0n) is 8.94. The molecule has 82 valence electrons. The molecule has 0 saturated heterocycles. The van der Waals surface area contributed by atoms with Crippen molar-refractivity contribution in [2.75, 3.05) is 11.9 Å². The Labute approximate surface area is 93.4 Å². The molecule has 0 spiro atoms. The van der Waals surface area contributed by atoms with E-state index in [1.54, 1.807) is 18.3 Å². The van der Waals surface area contributed by atoms with Gasteiger partial charge in [-0.15, -0.1) is 0 Å². The average molecular weight is 217 g/mol. The Bertz CT molecular complexity index is 485. The summed E-state index contributed by atoms with van der Waals surface area (Å²) < 4.78 is 13.0. The van der Waals surface area contributed by atoms with Crippen molar-refractivity contribution in [3.8, 4) is 11.3 Å². The predicted molar refractivity (Wildman–Crippen MR) is 61.6 cm³/mol. The van der Waals surface area contributed by atoms with Crippen LogP contribution >= 0.6 is 0 Å². The molecule has 1 aromatic heterocycles. The number of hydrogen-bond acceptors (Lipinski definition) is 3. The Hall–Kier alpha value is -1.97. The van der Waals surface area contributed by atoms with Crippen LogP contribution in [0.4, 0.5) is 10.3 Å². The number of hydrogen-bond donors (Lipinski definition) is 1. The molecule has 0 aliphatic carbocycles. The molecule has 0 unspecified atom stereocenters. The molecule has 0 bridgehead atoms. The van der Waals surface area contributed by atoms with Crippen molar-refractivity contribution in [2.24, 2.45) is 0 Å². The number of benzene rings is 1. The molecule has 0 fully saturated rings. The first-order valence-electron chi connectivity index (χ1n) is 5.12. The van der Waals surface area contributed by atoms with Crippen LogP contribution in [0.2, 0.25) is 0 Å². The molecule has 1 aromatic carbocycles. The minimum Gasteiger partial charge on any atom is -0.354 e. The number of halogens is 1. The van der Waals surface area contributed by atoms with Crippen LogP contribution in [0.5, 0.6) is 0 Å². The molecule has 2 rings (SSSR count). The summed E-state index contributed by atoms with van der Waals surface area (Å²) in [6.45, 7) is 2.73. The van der Waals surface area contributed by atoms with E-state index in [9.17, 15) is 4.39 Å². The second-order valence-electron chi connectivity index (χ2n) is 3.31. The SMILES string of the molecule is CCNc1nccc(-c2cccc(F)c2)n1. The molecular formula is C12H12FN3. The van der Waals surface area contributed by atoms with Gasteiger partial charge in [-0.25, -0.2) is 14.4 Å². The summed E-state index contributed by atoms with van der Waals surface area (Å²) >= 11 is 0. The highest BCUT2D eigenvalue weighted by molar-refractivity contribution is 5.59. The van der Waals surface area contributed by atoms with Crippen molar-refractivity contribution in [2.45, 2.75) is 6.92 Å². The molecule has 0 amide bonds.